The van der Waals surface area contributed by atoms with Crippen molar-refractivity contribution in [3.05, 3.63) is 94.0 Å². The third-order valence-corrected chi connectivity index (χ3v) is 5.91. The Labute approximate surface area is 201 Å². The number of anilines is 2. The zero-order valence-electron chi connectivity index (χ0n) is 19.1. The predicted octanol–water partition coefficient (Wildman–Crippen LogP) is 3.64. The van der Waals surface area contributed by atoms with Gasteiger partial charge >= 0.3 is 0 Å². The Morgan fingerprint density at radius 2 is 1.77 bits per heavy atom. The predicted molar refractivity (Wildman–Crippen MR) is 129 cm³/mol. The Morgan fingerprint density at radius 1 is 1.06 bits per heavy atom. The van der Waals surface area contributed by atoms with E-state index in [0.717, 1.165) is 0 Å². The van der Waals surface area contributed by atoms with Gasteiger partial charge in [-0.25, -0.2) is 4.39 Å². The molecule has 2 amide bonds. The van der Waals surface area contributed by atoms with Gasteiger partial charge in [-0.05, 0) is 48.5 Å². The van der Waals surface area contributed by atoms with Gasteiger partial charge in [-0.15, -0.1) is 0 Å². The summed E-state index contributed by atoms with van der Waals surface area (Å²) < 4.78 is 13.5. The van der Waals surface area contributed by atoms with Crippen molar-refractivity contribution in [3.63, 3.8) is 0 Å². The second-order valence-electron chi connectivity index (χ2n) is 8.14. The SMILES string of the molecule is CC(=O)N1CCN(c2ccc(C(=O)N(Cc3ccccn3)c3ccc(F)cc3)cc2[N+](=O)[O-])CC1. The third kappa shape index (κ3) is 5.43. The minimum Gasteiger partial charge on any atom is -0.362 e. The summed E-state index contributed by atoms with van der Waals surface area (Å²) in [6.07, 6.45) is 1.61. The van der Waals surface area contributed by atoms with E-state index in [4.69, 9.17) is 0 Å². The lowest BCUT2D eigenvalue weighted by molar-refractivity contribution is -0.384. The quantitative estimate of drug-likeness (QED) is 0.397. The average Bonchev–Trinajstić information content (AvgIpc) is 2.88. The maximum Gasteiger partial charge on any atom is 0.293 e. The van der Waals surface area contributed by atoms with Crippen LogP contribution in [0.4, 0.5) is 21.5 Å². The first-order chi connectivity index (χ1) is 16.8. The molecular weight excluding hydrogens is 453 g/mol. The molecule has 0 N–H and O–H groups in total. The Bertz CT molecular complexity index is 1230. The first-order valence-electron chi connectivity index (χ1n) is 11.1. The van der Waals surface area contributed by atoms with E-state index in [0.29, 0.717) is 43.2 Å². The average molecular weight is 477 g/mol. The normalized spacial score (nSPS) is 13.4. The van der Waals surface area contributed by atoms with E-state index in [2.05, 4.69) is 4.98 Å². The van der Waals surface area contributed by atoms with Gasteiger partial charge in [-0.3, -0.25) is 24.7 Å². The summed E-state index contributed by atoms with van der Waals surface area (Å²) in [5.74, 6) is -0.948. The van der Waals surface area contributed by atoms with Crippen molar-refractivity contribution in [2.24, 2.45) is 0 Å². The molecule has 0 saturated carbocycles. The van der Waals surface area contributed by atoms with Crippen LogP contribution in [0, 0.1) is 15.9 Å². The van der Waals surface area contributed by atoms with Crippen LogP contribution in [0.15, 0.2) is 66.9 Å². The number of nitro benzene ring substituents is 1. The van der Waals surface area contributed by atoms with Crippen molar-refractivity contribution >= 4 is 28.9 Å². The van der Waals surface area contributed by atoms with E-state index in [1.54, 1.807) is 41.4 Å². The summed E-state index contributed by atoms with van der Waals surface area (Å²) in [6.45, 7) is 3.44. The molecule has 0 aliphatic carbocycles. The zero-order valence-corrected chi connectivity index (χ0v) is 19.1. The van der Waals surface area contributed by atoms with Crippen LogP contribution in [0.5, 0.6) is 0 Å². The summed E-state index contributed by atoms with van der Waals surface area (Å²) in [5, 5.41) is 11.9. The molecule has 4 rings (SSSR count). The van der Waals surface area contributed by atoms with Crippen molar-refractivity contribution in [1.82, 2.24) is 9.88 Å². The smallest absolute Gasteiger partial charge is 0.293 e. The van der Waals surface area contributed by atoms with Gasteiger partial charge < -0.3 is 14.7 Å². The van der Waals surface area contributed by atoms with Gasteiger partial charge in [-0.1, -0.05) is 6.07 Å². The van der Waals surface area contributed by atoms with Crippen LogP contribution in [0.1, 0.15) is 23.0 Å². The van der Waals surface area contributed by atoms with Crippen LogP contribution in [0.2, 0.25) is 0 Å². The molecule has 35 heavy (non-hydrogen) atoms. The second-order valence-corrected chi connectivity index (χ2v) is 8.14. The summed E-state index contributed by atoms with van der Waals surface area (Å²) in [7, 11) is 0. The number of benzene rings is 2. The highest BCUT2D eigenvalue weighted by molar-refractivity contribution is 6.06. The number of halogens is 1. The highest BCUT2D eigenvalue weighted by Crippen LogP contribution is 2.31. The van der Waals surface area contributed by atoms with E-state index in [1.807, 2.05) is 4.90 Å². The number of piperazine rings is 1. The molecule has 1 aliphatic heterocycles. The van der Waals surface area contributed by atoms with Crippen molar-refractivity contribution in [2.75, 3.05) is 36.0 Å². The molecule has 10 heteroatoms. The molecular formula is C25H24FN5O4. The molecule has 1 aromatic heterocycles. The third-order valence-electron chi connectivity index (χ3n) is 5.91. The lowest BCUT2D eigenvalue weighted by atomic mass is 10.1. The van der Waals surface area contributed by atoms with E-state index < -0.39 is 16.6 Å². The molecule has 1 saturated heterocycles. The van der Waals surface area contributed by atoms with Crippen LogP contribution >= 0.6 is 0 Å². The van der Waals surface area contributed by atoms with Crippen molar-refractivity contribution in [1.29, 1.82) is 0 Å². The van der Waals surface area contributed by atoms with E-state index in [1.165, 1.54) is 42.2 Å². The zero-order chi connectivity index (χ0) is 24.9. The molecule has 9 nitrogen and oxygen atoms in total. The number of hydrogen-bond donors (Lipinski definition) is 0. The summed E-state index contributed by atoms with van der Waals surface area (Å²) in [5.41, 5.74) is 1.38. The summed E-state index contributed by atoms with van der Waals surface area (Å²) >= 11 is 0. The molecule has 0 atom stereocenters. The number of nitrogens with zero attached hydrogens (tertiary/aromatic N) is 5. The number of pyridine rings is 1. The van der Waals surface area contributed by atoms with Gasteiger partial charge in [-0.2, -0.15) is 0 Å². The van der Waals surface area contributed by atoms with Gasteiger partial charge in [0.1, 0.15) is 11.5 Å². The van der Waals surface area contributed by atoms with Crippen LogP contribution in [0.3, 0.4) is 0 Å². The lowest BCUT2D eigenvalue weighted by Crippen LogP contribution is -2.48. The maximum absolute atomic E-state index is 13.5. The first-order valence-corrected chi connectivity index (χ1v) is 11.1. The number of hydrogen-bond acceptors (Lipinski definition) is 6. The van der Waals surface area contributed by atoms with Gasteiger partial charge in [0, 0.05) is 56.6 Å². The highest BCUT2D eigenvalue weighted by Gasteiger charge is 2.27. The minimum absolute atomic E-state index is 0.0334. The largest absolute Gasteiger partial charge is 0.362 e. The topological polar surface area (TPSA) is 99.9 Å². The van der Waals surface area contributed by atoms with Crippen molar-refractivity contribution in [3.8, 4) is 0 Å². The summed E-state index contributed by atoms with van der Waals surface area (Å²) in [4.78, 5) is 45.8. The molecule has 2 heterocycles. The number of rotatable bonds is 6. The molecule has 1 fully saturated rings. The molecule has 0 radical (unpaired) electrons. The Morgan fingerprint density at radius 3 is 2.37 bits per heavy atom. The van der Waals surface area contributed by atoms with Gasteiger partial charge in [0.2, 0.25) is 5.91 Å². The molecule has 0 unspecified atom stereocenters. The molecule has 0 spiro atoms. The fourth-order valence-electron chi connectivity index (χ4n) is 4.04. The minimum atomic E-state index is -0.509. The van der Waals surface area contributed by atoms with E-state index in [-0.39, 0.29) is 23.7 Å². The standard InChI is InChI=1S/C25H24FN5O4/c1-18(32)28-12-14-29(15-13-28)23-10-5-19(16-24(23)31(34)35)25(33)30(17-21-4-2-3-11-27-21)22-8-6-20(26)7-9-22/h2-11,16H,12-15,17H2,1H3. The fourth-order valence-corrected chi connectivity index (χ4v) is 4.04. The lowest BCUT2D eigenvalue weighted by Gasteiger charge is -2.35. The molecule has 180 valence electrons. The number of carbonyl (C=O) groups excluding carboxylic acids is 2. The Balaban J connectivity index is 1.65. The number of nitro groups is 1. The molecule has 1 aliphatic rings. The molecule has 2 aromatic carbocycles. The molecule has 0 bridgehead atoms. The number of amides is 2. The van der Waals surface area contributed by atoms with Crippen LogP contribution < -0.4 is 9.80 Å². The second kappa shape index (κ2) is 10.3. The Kier molecular flexibility index (Phi) is 7.00. The summed E-state index contributed by atoms with van der Waals surface area (Å²) in [6, 6.07) is 15.2. The van der Waals surface area contributed by atoms with Gasteiger partial charge in [0.25, 0.3) is 11.6 Å². The Hall–Kier alpha value is -4.34. The highest BCUT2D eigenvalue weighted by atomic mass is 19.1. The maximum atomic E-state index is 13.5. The monoisotopic (exact) mass is 477 g/mol. The molecule has 3 aromatic rings. The van der Waals surface area contributed by atoms with Crippen LogP contribution in [-0.2, 0) is 11.3 Å². The van der Waals surface area contributed by atoms with Crippen LogP contribution in [0.25, 0.3) is 0 Å². The first kappa shape index (κ1) is 23.8. The van der Waals surface area contributed by atoms with Crippen molar-refractivity contribution < 1.29 is 18.9 Å². The van der Waals surface area contributed by atoms with Gasteiger partial charge in [0.05, 0.1) is 17.2 Å². The van der Waals surface area contributed by atoms with E-state index in [9.17, 15) is 24.1 Å². The number of carbonyl (C=O) groups is 2. The fraction of sp³-hybridized carbons (Fsp3) is 0.240. The van der Waals surface area contributed by atoms with Gasteiger partial charge in [0.15, 0.2) is 0 Å². The number of aromatic nitrogens is 1. The van der Waals surface area contributed by atoms with Crippen molar-refractivity contribution in [2.45, 2.75) is 13.5 Å². The van der Waals surface area contributed by atoms with Crippen LogP contribution in [-0.4, -0.2) is 52.8 Å². The van der Waals surface area contributed by atoms with E-state index >= 15 is 0 Å².